The molecule has 1 aromatic heterocycles. The lowest BCUT2D eigenvalue weighted by molar-refractivity contribution is 0.0695. The van der Waals surface area contributed by atoms with Gasteiger partial charge in [-0.2, -0.15) is 0 Å². The van der Waals surface area contributed by atoms with E-state index in [0.29, 0.717) is 5.56 Å². The van der Waals surface area contributed by atoms with Crippen molar-refractivity contribution in [2.24, 2.45) is 0 Å². The quantitative estimate of drug-likeness (QED) is 0.716. The lowest BCUT2D eigenvalue weighted by atomic mass is 10.1. The van der Waals surface area contributed by atoms with E-state index >= 15 is 0 Å². The summed E-state index contributed by atoms with van der Waals surface area (Å²) in [6, 6.07) is 1.68. The number of carboxylic acid groups (broad SMARTS) is 1. The largest absolute Gasteiger partial charge is 0.478 e. The first-order chi connectivity index (χ1) is 5.65. The van der Waals surface area contributed by atoms with Crippen LogP contribution in [0.4, 0.5) is 0 Å². The number of aromatic carboxylic acids is 1. The predicted octanol–water partition coefficient (Wildman–Crippen LogP) is 1.83. The topological polar surface area (TPSA) is 50.2 Å². The van der Waals surface area contributed by atoms with Gasteiger partial charge in [0.25, 0.3) is 0 Å². The lowest BCUT2D eigenvalue weighted by Gasteiger charge is -2.01. The molecular weight excluding hydrogens is 178 g/mol. The highest BCUT2D eigenvalue weighted by atomic mass is 35.5. The van der Waals surface area contributed by atoms with E-state index in [1.165, 1.54) is 6.20 Å². The van der Waals surface area contributed by atoms with E-state index in [1.54, 1.807) is 13.0 Å². The molecule has 1 aromatic rings. The number of carbonyl (C=O) groups is 1. The standard InChI is InChI=1S/C8H8ClNO2/c1-5-2-6(3-9)7(4-10-5)8(11)12/h2,4H,3H2,1H3,(H,11,12). The van der Waals surface area contributed by atoms with Crippen LogP contribution in [0.5, 0.6) is 0 Å². The van der Waals surface area contributed by atoms with E-state index in [0.717, 1.165) is 5.69 Å². The third-order valence-electron chi connectivity index (χ3n) is 1.50. The summed E-state index contributed by atoms with van der Waals surface area (Å²) in [7, 11) is 0. The highest BCUT2D eigenvalue weighted by Crippen LogP contribution is 2.11. The van der Waals surface area contributed by atoms with Gasteiger partial charge in [-0.25, -0.2) is 4.79 Å². The smallest absolute Gasteiger partial charge is 0.337 e. The summed E-state index contributed by atoms with van der Waals surface area (Å²) in [4.78, 5) is 14.5. The zero-order valence-corrected chi connectivity index (χ0v) is 7.30. The molecule has 0 saturated carbocycles. The Morgan fingerprint density at radius 1 is 1.75 bits per heavy atom. The van der Waals surface area contributed by atoms with Crippen LogP contribution in [-0.2, 0) is 5.88 Å². The predicted molar refractivity (Wildman–Crippen MR) is 45.5 cm³/mol. The molecule has 0 radical (unpaired) electrons. The van der Waals surface area contributed by atoms with Crippen molar-refractivity contribution in [1.29, 1.82) is 0 Å². The number of halogens is 1. The van der Waals surface area contributed by atoms with Gasteiger partial charge >= 0.3 is 5.97 Å². The van der Waals surface area contributed by atoms with Crippen molar-refractivity contribution < 1.29 is 9.90 Å². The van der Waals surface area contributed by atoms with Crippen molar-refractivity contribution in [3.63, 3.8) is 0 Å². The van der Waals surface area contributed by atoms with Gasteiger partial charge in [-0.1, -0.05) is 0 Å². The molecule has 0 aliphatic rings. The Bertz CT molecular complexity index is 312. The summed E-state index contributed by atoms with van der Waals surface area (Å²) in [6.07, 6.45) is 1.33. The number of pyridine rings is 1. The molecular formula is C8H8ClNO2. The first kappa shape index (κ1) is 9.00. The number of alkyl halides is 1. The van der Waals surface area contributed by atoms with E-state index in [4.69, 9.17) is 16.7 Å². The minimum Gasteiger partial charge on any atom is -0.478 e. The molecule has 0 atom stereocenters. The Balaban J connectivity index is 3.20. The Morgan fingerprint density at radius 2 is 2.42 bits per heavy atom. The summed E-state index contributed by atoms with van der Waals surface area (Å²) >= 11 is 5.56. The molecule has 0 aliphatic carbocycles. The van der Waals surface area contributed by atoms with Gasteiger partial charge in [0.1, 0.15) is 0 Å². The molecule has 4 heteroatoms. The molecule has 0 saturated heterocycles. The van der Waals surface area contributed by atoms with Gasteiger partial charge in [-0.15, -0.1) is 11.6 Å². The maximum absolute atomic E-state index is 10.6. The highest BCUT2D eigenvalue weighted by molar-refractivity contribution is 6.17. The highest BCUT2D eigenvalue weighted by Gasteiger charge is 2.09. The summed E-state index contributed by atoms with van der Waals surface area (Å²) in [6.45, 7) is 1.79. The minimum atomic E-state index is -0.988. The number of aromatic nitrogens is 1. The van der Waals surface area contributed by atoms with E-state index in [9.17, 15) is 4.79 Å². The number of carboxylic acids is 1. The second-order valence-electron chi connectivity index (χ2n) is 2.42. The van der Waals surface area contributed by atoms with Crippen LogP contribution in [0.15, 0.2) is 12.3 Å². The molecule has 1 heterocycles. The van der Waals surface area contributed by atoms with Crippen molar-refractivity contribution in [3.05, 3.63) is 29.1 Å². The monoisotopic (exact) mass is 185 g/mol. The zero-order chi connectivity index (χ0) is 9.14. The fourth-order valence-corrected chi connectivity index (χ4v) is 1.14. The Kier molecular flexibility index (Phi) is 2.65. The fraction of sp³-hybridized carbons (Fsp3) is 0.250. The summed E-state index contributed by atoms with van der Waals surface area (Å²) in [5.41, 5.74) is 1.56. The van der Waals surface area contributed by atoms with Gasteiger partial charge in [-0.05, 0) is 18.6 Å². The third-order valence-corrected chi connectivity index (χ3v) is 1.79. The van der Waals surface area contributed by atoms with Crippen LogP contribution < -0.4 is 0 Å². The average Bonchev–Trinajstić information content (AvgIpc) is 2.03. The van der Waals surface area contributed by atoms with E-state index in [1.807, 2.05) is 0 Å². The van der Waals surface area contributed by atoms with Gasteiger partial charge in [0.15, 0.2) is 0 Å². The van der Waals surface area contributed by atoms with E-state index in [-0.39, 0.29) is 11.4 Å². The number of hydrogen-bond acceptors (Lipinski definition) is 2. The van der Waals surface area contributed by atoms with Crippen LogP contribution in [0.2, 0.25) is 0 Å². The summed E-state index contributed by atoms with van der Waals surface area (Å²) in [5, 5.41) is 8.69. The normalized spacial score (nSPS) is 9.83. The van der Waals surface area contributed by atoms with Gasteiger partial charge in [0.05, 0.1) is 5.56 Å². The second-order valence-corrected chi connectivity index (χ2v) is 2.69. The first-order valence-corrected chi connectivity index (χ1v) is 3.93. The van der Waals surface area contributed by atoms with Gasteiger partial charge in [-0.3, -0.25) is 4.98 Å². The number of rotatable bonds is 2. The maximum atomic E-state index is 10.6. The van der Waals surface area contributed by atoms with Crippen LogP contribution in [0, 0.1) is 6.92 Å². The molecule has 0 fully saturated rings. The van der Waals surface area contributed by atoms with E-state index < -0.39 is 5.97 Å². The Morgan fingerprint density at radius 3 is 2.92 bits per heavy atom. The van der Waals surface area contributed by atoms with Crippen molar-refractivity contribution >= 4 is 17.6 Å². The van der Waals surface area contributed by atoms with Gasteiger partial charge in [0, 0.05) is 17.8 Å². The average molecular weight is 186 g/mol. The lowest BCUT2D eigenvalue weighted by Crippen LogP contribution is -2.02. The van der Waals surface area contributed by atoms with Crippen molar-refractivity contribution in [1.82, 2.24) is 4.98 Å². The van der Waals surface area contributed by atoms with Gasteiger partial charge < -0.3 is 5.11 Å². The molecule has 0 amide bonds. The molecule has 1 N–H and O–H groups in total. The zero-order valence-electron chi connectivity index (χ0n) is 6.54. The van der Waals surface area contributed by atoms with Crippen molar-refractivity contribution in [3.8, 4) is 0 Å². The van der Waals surface area contributed by atoms with Gasteiger partial charge in [0.2, 0.25) is 0 Å². The minimum absolute atomic E-state index is 0.176. The summed E-state index contributed by atoms with van der Waals surface area (Å²) in [5.74, 6) is -0.788. The fourth-order valence-electron chi connectivity index (χ4n) is 0.920. The first-order valence-electron chi connectivity index (χ1n) is 3.40. The molecule has 1 rings (SSSR count). The maximum Gasteiger partial charge on any atom is 0.337 e. The number of hydrogen-bond donors (Lipinski definition) is 1. The molecule has 0 spiro atoms. The molecule has 12 heavy (non-hydrogen) atoms. The van der Waals surface area contributed by atoms with Crippen LogP contribution in [-0.4, -0.2) is 16.1 Å². The molecule has 3 nitrogen and oxygen atoms in total. The number of aryl methyl sites for hydroxylation is 1. The molecule has 0 aliphatic heterocycles. The summed E-state index contributed by atoms with van der Waals surface area (Å²) < 4.78 is 0. The van der Waals surface area contributed by atoms with Crippen LogP contribution in [0.3, 0.4) is 0 Å². The Hall–Kier alpha value is -1.09. The van der Waals surface area contributed by atoms with Crippen molar-refractivity contribution in [2.45, 2.75) is 12.8 Å². The molecule has 0 aromatic carbocycles. The Labute approximate surface area is 75.0 Å². The third kappa shape index (κ3) is 1.74. The van der Waals surface area contributed by atoms with Crippen LogP contribution in [0.1, 0.15) is 21.6 Å². The number of nitrogens with zero attached hydrogens (tertiary/aromatic N) is 1. The van der Waals surface area contributed by atoms with Crippen LogP contribution >= 0.6 is 11.6 Å². The van der Waals surface area contributed by atoms with Crippen LogP contribution in [0.25, 0.3) is 0 Å². The molecule has 0 unspecified atom stereocenters. The van der Waals surface area contributed by atoms with E-state index in [2.05, 4.69) is 4.98 Å². The SMILES string of the molecule is Cc1cc(CCl)c(C(=O)O)cn1. The molecule has 0 bridgehead atoms. The van der Waals surface area contributed by atoms with Crippen molar-refractivity contribution in [2.75, 3.05) is 0 Å². The molecule has 64 valence electrons. The second kappa shape index (κ2) is 3.54.